The molecule has 1 amide bonds. The third kappa shape index (κ3) is 5.07. The van der Waals surface area contributed by atoms with Gasteiger partial charge in [-0.2, -0.15) is 0 Å². The first-order valence-electron chi connectivity index (χ1n) is 9.86. The molecule has 0 saturated carbocycles. The molecule has 0 aliphatic rings. The predicted molar refractivity (Wildman–Crippen MR) is 120 cm³/mol. The number of hydrogen-bond donors (Lipinski definition) is 2. The lowest BCUT2D eigenvalue weighted by molar-refractivity contribution is 0.0935. The monoisotopic (exact) mass is 422 g/mol. The average Bonchev–Trinajstić information content (AvgIpc) is 2.73. The largest absolute Gasteiger partial charge is 0.345 e. The first-order chi connectivity index (χ1) is 14.3. The number of sulfonamides is 1. The van der Waals surface area contributed by atoms with Crippen LogP contribution in [0.25, 0.3) is 0 Å². The van der Waals surface area contributed by atoms with E-state index in [0.717, 1.165) is 17.5 Å². The number of hydrogen-bond acceptors (Lipinski definition) is 3. The fraction of sp³-hybridized carbons (Fsp3) is 0.208. The second-order valence-corrected chi connectivity index (χ2v) is 8.98. The van der Waals surface area contributed by atoms with Crippen LogP contribution < -0.4 is 10.0 Å². The molecule has 0 aliphatic heterocycles. The third-order valence-corrected chi connectivity index (χ3v) is 6.34. The zero-order chi connectivity index (χ0) is 21.7. The summed E-state index contributed by atoms with van der Waals surface area (Å²) in [7, 11) is -3.72. The van der Waals surface area contributed by atoms with Crippen molar-refractivity contribution in [2.45, 2.75) is 38.1 Å². The zero-order valence-electron chi connectivity index (χ0n) is 17.3. The number of rotatable bonds is 7. The van der Waals surface area contributed by atoms with Crippen LogP contribution in [0, 0.1) is 13.8 Å². The first-order valence-corrected chi connectivity index (χ1v) is 11.3. The van der Waals surface area contributed by atoms with E-state index in [2.05, 4.69) is 16.1 Å². The molecule has 0 spiro atoms. The van der Waals surface area contributed by atoms with Gasteiger partial charge in [-0.3, -0.25) is 9.52 Å². The second-order valence-electron chi connectivity index (χ2n) is 7.29. The van der Waals surface area contributed by atoms with E-state index in [1.807, 2.05) is 32.9 Å². The number of carbonyl (C=O) groups is 1. The molecule has 30 heavy (non-hydrogen) atoms. The van der Waals surface area contributed by atoms with Crippen molar-refractivity contribution in [2.24, 2.45) is 0 Å². The highest BCUT2D eigenvalue weighted by atomic mass is 32.2. The maximum Gasteiger partial charge on any atom is 0.261 e. The van der Waals surface area contributed by atoms with Gasteiger partial charge in [-0.25, -0.2) is 8.42 Å². The molecule has 0 heterocycles. The van der Waals surface area contributed by atoms with Crippen LogP contribution in [0.3, 0.4) is 0 Å². The molecule has 3 rings (SSSR count). The molecule has 0 bridgehead atoms. The van der Waals surface area contributed by atoms with Gasteiger partial charge in [-0.05, 0) is 61.7 Å². The Morgan fingerprint density at radius 1 is 0.933 bits per heavy atom. The molecular formula is C24H26N2O3S. The van der Waals surface area contributed by atoms with Gasteiger partial charge in [0.25, 0.3) is 15.9 Å². The maximum atomic E-state index is 12.9. The molecular weight excluding hydrogens is 396 g/mol. The Morgan fingerprint density at radius 3 is 2.33 bits per heavy atom. The van der Waals surface area contributed by atoms with E-state index in [9.17, 15) is 13.2 Å². The first kappa shape index (κ1) is 21.6. The molecule has 0 unspecified atom stereocenters. The molecule has 3 aromatic rings. The summed E-state index contributed by atoms with van der Waals surface area (Å²) in [5.74, 6) is -0.248. The van der Waals surface area contributed by atoms with Crippen molar-refractivity contribution in [3.05, 3.63) is 95.1 Å². The van der Waals surface area contributed by atoms with Crippen molar-refractivity contribution < 1.29 is 13.2 Å². The van der Waals surface area contributed by atoms with Crippen LogP contribution >= 0.6 is 0 Å². The zero-order valence-corrected chi connectivity index (χ0v) is 18.2. The summed E-state index contributed by atoms with van der Waals surface area (Å²) in [6.45, 7) is 6.10. The van der Waals surface area contributed by atoms with E-state index in [4.69, 9.17) is 0 Å². The normalized spacial score (nSPS) is 12.2. The summed E-state index contributed by atoms with van der Waals surface area (Å²) < 4.78 is 27.6. The van der Waals surface area contributed by atoms with Gasteiger partial charge in [0, 0.05) is 11.3 Å². The standard InChI is InChI=1S/C24H26N2O3S/c1-4-23(22-14-13-17(2)15-18(22)3)25-24(27)19-9-8-10-20(16-19)26-30(28,29)21-11-6-5-7-12-21/h5-16,23,26H,4H2,1-3H3,(H,25,27)/t23-/m1/s1. The van der Waals surface area contributed by atoms with Gasteiger partial charge in [-0.1, -0.05) is 55.0 Å². The quantitative estimate of drug-likeness (QED) is 0.563. The highest BCUT2D eigenvalue weighted by molar-refractivity contribution is 7.92. The smallest absolute Gasteiger partial charge is 0.261 e. The topological polar surface area (TPSA) is 75.3 Å². The number of nitrogens with one attached hydrogen (secondary N) is 2. The maximum absolute atomic E-state index is 12.9. The highest BCUT2D eigenvalue weighted by Crippen LogP contribution is 2.23. The van der Waals surface area contributed by atoms with Crippen LogP contribution in [-0.4, -0.2) is 14.3 Å². The van der Waals surface area contributed by atoms with Crippen LogP contribution in [0.1, 0.15) is 46.4 Å². The van der Waals surface area contributed by atoms with Crippen LogP contribution in [0.15, 0.2) is 77.7 Å². The van der Waals surface area contributed by atoms with Gasteiger partial charge in [0.05, 0.1) is 10.9 Å². The summed E-state index contributed by atoms with van der Waals surface area (Å²) >= 11 is 0. The number of aryl methyl sites for hydroxylation is 2. The Bertz CT molecular complexity index is 1140. The fourth-order valence-corrected chi connectivity index (χ4v) is 4.47. The Morgan fingerprint density at radius 2 is 1.67 bits per heavy atom. The Kier molecular flexibility index (Phi) is 6.57. The molecule has 0 fully saturated rings. The van der Waals surface area contributed by atoms with E-state index in [-0.39, 0.29) is 16.8 Å². The Labute approximate surface area is 178 Å². The minimum Gasteiger partial charge on any atom is -0.345 e. The van der Waals surface area contributed by atoms with Gasteiger partial charge in [0.15, 0.2) is 0 Å². The van der Waals surface area contributed by atoms with Crippen LogP contribution in [0.4, 0.5) is 5.69 Å². The minimum atomic E-state index is -3.72. The summed E-state index contributed by atoms with van der Waals surface area (Å²) in [6.07, 6.45) is 0.746. The van der Waals surface area contributed by atoms with Crippen LogP contribution in [0.5, 0.6) is 0 Å². The van der Waals surface area contributed by atoms with E-state index < -0.39 is 10.0 Å². The SMILES string of the molecule is CC[C@@H](NC(=O)c1cccc(NS(=O)(=O)c2ccccc2)c1)c1ccc(C)cc1C. The van der Waals surface area contributed by atoms with Crippen molar-refractivity contribution >= 4 is 21.6 Å². The lowest BCUT2D eigenvalue weighted by Gasteiger charge is -2.20. The summed E-state index contributed by atoms with van der Waals surface area (Å²) in [4.78, 5) is 13.0. The van der Waals surface area contributed by atoms with E-state index >= 15 is 0 Å². The van der Waals surface area contributed by atoms with Gasteiger partial charge in [0.1, 0.15) is 0 Å². The lowest BCUT2D eigenvalue weighted by atomic mass is 9.97. The molecule has 0 radical (unpaired) electrons. The van der Waals surface area contributed by atoms with Crippen molar-refractivity contribution in [1.29, 1.82) is 0 Å². The molecule has 5 nitrogen and oxygen atoms in total. The third-order valence-electron chi connectivity index (χ3n) is 4.94. The Hall–Kier alpha value is -3.12. The lowest BCUT2D eigenvalue weighted by Crippen LogP contribution is -2.28. The molecule has 156 valence electrons. The number of carbonyl (C=O) groups excluding carboxylic acids is 1. The molecule has 0 aliphatic carbocycles. The predicted octanol–water partition coefficient (Wildman–Crippen LogP) is 4.99. The molecule has 1 atom stereocenters. The molecule has 3 aromatic carbocycles. The molecule has 6 heteroatoms. The fourth-order valence-electron chi connectivity index (χ4n) is 3.40. The molecule has 2 N–H and O–H groups in total. The molecule has 0 aromatic heterocycles. The van der Waals surface area contributed by atoms with Crippen molar-refractivity contribution in [2.75, 3.05) is 4.72 Å². The summed E-state index contributed by atoms with van der Waals surface area (Å²) in [6, 6.07) is 20.7. The van der Waals surface area contributed by atoms with Gasteiger partial charge < -0.3 is 5.32 Å². The summed E-state index contributed by atoms with van der Waals surface area (Å²) in [5, 5.41) is 3.07. The van der Waals surface area contributed by atoms with Crippen molar-refractivity contribution in [1.82, 2.24) is 5.32 Å². The Balaban J connectivity index is 1.78. The van der Waals surface area contributed by atoms with Gasteiger partial charge >= 0.3 is 0 Å². The van der Waals surface area contributed by atoms with Crippen LogP contribution in [0.2, 0.25) is 0 Å². The summed E-state index contributed by atoms with van der Waals surface area (Å²) in [5.41, 5.74) is 4.12. The van der Waals surface area contributed by atoms with E-state index in [1.54, 1.807) is 42.5 Å². The van der Waals surface area contributed by atoms with E-state index in [1.165, 1.54) is 17.7 Å². The van der Waals surface area contributed by atoms with Gasteiger partial charge in [-0.15, -0.1) is 0 Å². The number of benzene rings is 3. The highest BCUT2D eigenvalue weighted by Gasteiger charge is 2.18. The van der Waals surface area contributed by atoms with E-state index in [0.29, 0.717) is 11.3 Å². The van der Waals surface area contributed by atoms with Crippen molar-refractivity contribution in [3.8, 4) is 0 Å². The number of anilines is 1. The van der Waals surface area contributed by atoms with Crippen LogP contribution in [-0.2, 0) is 10.0 Å². The average molecular weight is 423 g/mol. The number of amides is 1. The second kappa shape index (κ2) is 9.13. The molecule has 0 saturated heterocycles. The van der Waals surface area contributed by atoms with Gasteiger partial charge in [0.2, 0.25) is 0 Å². The van der Waals surface area contributed by atoms with Crippen molar-refractivity contribution in [3.63, 3.8) is 0 Å². The minimum absolute atomic E-state index is 0.122.